The molecule has 1 fully saturated rings. The molecule has 4 nitrogen and oxygen atoms in total. The first-order valence-corrected chi connectivity index (χ1v) is 5.58. The summed E-state index contributed by atoms with van der Waals surface area (Å²) in [5.74, 6) is 6.26. The maximum atomic E-state index is 11.7. The van der Waals surface area contributed by atoms with Gasteiger partial charge >= 0.3 is 6.09 Å². The van der Waals surface area contributed by atoms with Crippen LogP contribution >= 0.6 is 0 Å². The number of amides is 1. The molecule has 1 aliphatic carbocycles. The number of hydrogen-bond acceptors (Lipinski definition) is 3. The monoisotopic (exact) mass is 220 g/mol. The molecule has 1 aromatic rings. The van der Waals surface area contributed by atoms with Gasteiger partial charge in [0, 0.05) is 0 Å². The Balaban J connectivity index is 1.92. The third-order valence-corrected chi connectivity index (χ3v) is 2.88. The first kappa shape index (κ1) is 11.0. The highest BCUT2D eigenvalue weighted by Crippen LogP contribution is 2.22. The Morgan fingerprint density at radius 2 is 1.88 bits per heavy atom. The lowest BCUT2D eigenvalue weighted by Crippen LogP contribution is -2.45. The molecule has 0 atom stereocenters. The van der Waals surface area contributed by atoms with Gasteiger partial charge < -0.3 is 4.74 Å². The number of carbonyl (C=O) groups is 1. The van der Waals surface area contributed by atoms with E-state index in [2.05, 4.69) is 0 Å². The number of carbonyl (C=O) groups excluding carboxylic acids is 1. The van der Waals surface area contributed by atoms with E-state index in [-0.39, 0.29) is 6.04 Å². The summed E-state index contributed by atoms with van der Waals surface area (Å²) in [7, 11) is 0. The zero-order chi connectivity index (χ0) is 11.4. The van der Waals surface area contributed by atoms with E-state index in [0.29, 0.717) is 5.75 Å². The van der Waals surface area contributed by atoms with E-state index in [1.54, 1.807) is 12.1 Å². The second-order valence-electron chi connectivity index (χ2n) is 4.03. The van der Waals surface area contributed by atoms with Crippen LogP contribution in [-0.2, 0) is 0 Å². The average molecular weight is 220 g/mol. The van der Waals surface area contributed by atoms with Crippen LogP contribution in [0.1, 0.15) is 25.7 Å². The Kier molecular flexibility index (Phi) is 3.41. The molecule has 0 heterocycles. The number of nitrogens with zero attached hydrogens (tertiary/aromatic N) is 1. The Labute approximate surface area is 95.0 Å². The number of rotatable bonds is 2. The summed E-state index contributed by atoms with van der Waals surface area (Å²) in [4.78, 5) is 11.7. The van der Waals surface area contributed by atoms with Crippen LogP contribution in [0.2, 0.25) is 0 Å². The van der Waals surface area contributed by atoms with Gasteiger partial charge in [-0.2, -0.15) is 0 Å². The van der Waals surface area contributed by atoms with Crippen molar-refractivity contribution >= 4 is 6.09 Å². The standard InChI is InChI=1S/C12H16N2O2/c13-14(10-6-4-5-7-10)12(15)16-11-8-2-1-3-9-11/h1-3,8-10H,4-7,13H2. The summed E-state index contributed by atoms with van der Waals surface area (Å²) < 4.78 is 5.15. The van der Waals surface area contributed by atoms with Crippen molar-refractivity contribution in [2.45, 2.75) is 31.7 Å². The van der Waals surface area contributed by atoms with Gasteiger partial charge in [-0.1, -0.05) is 31.0 Å². The van der Waals surface area contributed by atoms with Crippen LogP contribution in [0.15, 0.2) is 30.3 Å². The Hall–Kier alpha value is -1.55. The van der Waals surface area contributed by atoms with Crippen molar-refractivity contribution in [3.63, 3.8) is 0 Å². The summed E-state index contributed by atoms with van der Waals surface area (Å²) >= 11 is 0. The molecule has 1 aromatic carbocycles. The molecule has 0 saturated heterocycles. The van der Waals surface area contributed by atoms with Crippen LogP contribution in [-0.4, -0.2) is 17.1 Å². The van der Waals surface area contributed by atoms with Crippen LogP contribution in [0.5, 0.6) is 5.75 Å². The molecule has 0 aromatic heterocycles. The van der Waals surface area contributed by atoms with E-state index in [4.69, 9.17) is 10.6 Å². The van der Waals surface area contributed by atoms with Crippen molar-refractivity contribution in [2.75, 3.05) is 0 Å². The van der Waals surface area contributed by atoms with Crippen molar-refractivity contribution < 1.29 is 9.53 Å². The van der Waals surface area contributed by atoms with Crippen molar-refractivity contribution in [3.8, 4) is 5.75 Å². The SMILES string of the molecule is NN(C(=O)Oc1ccccc1)C1CCCC1. The first-order chi connectivity index (χ1) is 7.77. The van der Waals surface area contributed by atoms with Gasteiger partial charge in [0.1, 0.15) is 5.75 Å². The molecule has 1 saturated carbocycles. The fourth-order valence-electron chi connectivity index (χ4n) is 1.97. The van der Waals surface area contributed by atoms with Gasteiger partial charge in [0.25, 0.3) is 0 Å². The Morgan fingerprint density at radius 3 is 2.50 bits per heavy atom. The van der Waals surface area contributed by atoms with Crippen molar-refractivity contribution in [1.29, 1.82) is 0 Å². The average Bonchev–Trinajstić information content (AvgIpc) is 2.83. The van der Waals surface area contributed by atoms with Gasteiger partial charge in [-0.25, -0.2) is 15.6 Å². The molecular weight excluding hydrogens is 204 g/mol. The molecule has 86 valence electrons. The normalized spacial score (nSPS) is 16.1. The molecule has 0 unspecified atom stereocenters. The maximum absolute atomic E-state index is 11.7. The van der Waals surface area contributed by atoms with Gasteiger partial charge in [0.15, 0.2) is 0 Å². The van der Waals surface area contributed by atoms with E-state index in [0.717, 1.165) is 25.7 Å². The number of hydrogen-bond donors (Lipinski definition) is 1. The number of para-hydroxylation sites is 1. The summed E-state index contributed by atoms with van der Waals surface area (Å²) in [6, 6.07) is 9.11. The van der Waals surface area contributed by atoms with Gasteiger partial charge in [-0.3, -0.25) is 0 Å². The number of hydrazine groups is 1. The number of benzene rings is 1. The van der Waals surface area contributed by atoms with Crippen LogP contribution in [0.3, 0.4) is 0 Å². The first-order valence-electron chi connectivity index (χ1n) is 5.58. The number of ether oxygens (including phenoxy) is 1. The minimum atomic E-state index is -0.474. The van der Waals surface area contributed by atoms with Gasteiger partial charge in [-0.15, -0.1) is 0 Å². The fraction of sp³-hybridized carbons (Fsp3) is 0.417. The topological polar surface area (TPSA) is 55.6 Å². The van der Waals surface area contributed by atoms with Crippen LogP contribution in [0.4, 0.5) is 4.79 Å². The summed E-state index contributed by atoms with van der Waals surface area (Å²) in [6.07, 6.45) is 3.74. The molecular formula is C12H16N2O2. The molecule has 0 spiro atoms. The fourth-order valence-corrected chi connectivity index (χ4v) is 1.97. The van der Waals surface area contributed by atoms with Crippen LogP contribution in [0.25, 0.3) is 0 Å². The van der Waals surface area contributed by atoms with Crippen molar-refractivity contribution in [3.05, 3.63) is 30.3 Å². The summed E-state index contributed by atoms with van der Waals surface area (Å²) in [6.45, 7) is 0. The van der Waals surface area contributed by atoms with Crippen LogP contribution < -0.4 is 10.6 Å². The van der Waals surface area contributed by atoms with E-state index in [9.17, 15) is 4.79 Å². The maximum Gasteiger partial charge on any atom is 0.429 e. The van der Waals surface area contributed by atoms with Crippen LogP contribution in [0, 0.1) is 0 Å². The van der Waals surface area contributed by atoms with Crippen molar-refractivity contribution in [1.82, 2.24) is 5.01 Å². The third kappa shape index (κ3) is 2.52. The zero-order valence-electron chi connectivity index (χ0n) is 9.13. The molecule has 1 amide bonds. The molecule has 2 rings (SSSR count). The van der Waals surface area contributed by atoms with Gasteiger partial charge in [0.2, 0.25) is 0 Å². The number of nitrogens with two attached hydrogens (primary N) is 1. The minimum absolute atomic E-state index is 0.135. The largest absolute Gasteiger partial charge is 0.429 e. The van der Waals surface area contributed by atoms with E-state index < -0.39 is 6.09 Å². The van der Waals surface area contributed by atoms with E-state index in [1.807, 2.05) is 18.2 Å². The van der Waals surface area contributed by atoms with E-state index >= 15 is 0 Å². The van der Waals surface area contributed by atoms with Crippen molar-refractivity contribution in [2.24, 2.45) is 5.84 Å². The third-order valence-electron chi connectivity index (χ3n) is 2.88. The highest BCUT2D eigenvalue weighted by Gasteiger charge is 2.25. The Morgan fingerprint density at radius 1 is 1.25 bits per heavy atom. The highest BCUT2D eigenvalue weighted by molar-refractivity contribution is 5.70. The predicted octanol–water partition coefficient (Wildman–Crippen LogP) is 2.30. The quantitative estimate of drug-likeness (QED) is 0.472. The summed E-state index contributed by atoms with van der Waals surface area (Å²) in [5, 5.41) is 1.22. The smallest absolute Gasteiger partial charge is 0.409 e. The highest BCUT2D eigenvalue weighted by atomic mass is 16.6. The van der Waals surface area contributed by atoms with E-state index in [1.165, 1.54) is 5.01 Å². The second-order valence-corrected chi connectivity index (χ2v) is 4.03. The second kappa shape index (κ2) is 4.99. The van der Waals surface area contributed by atoms with Gasteiger partial charge in [-0.05, 0) is 25.0 Å². The molecule has 0 radical (unpaired) electrons. The lowest BCUT2D eigenvalue weighted by molar-refractivity contribution is 0.132. The molecule has 1 aliphatic rings. The Bertz CT molecular complexity index is 347. The predicted molar refractivity (Wildman–Crippen MR) is 60.7 cm³/mol. The summed E-state index contributed by atoms with van der Waals surface area (Å²) in [5.41, 5.74) is 0. The molecule has 2 N–H and O–H groups in total. The molecule has 0 bridgehead atoms. The zero-order valence-corrected chi connectivity index (χ0v) is 9.13. The van der Waals surface area contributed by atoms with Gasteiger partial charge in [0.05, 0.1) is 6.04 Å². The minimum Gasteiger partial charge on any atom is -0.409 e. The lowest BCUT2D eigenvalue weighted by atomic mass is 10.2. The molecule has 0 aliphatic heterocycles. The molecule has 4 heteroatoms. The lowest BCUT2D eigenvalue weighted by Gasteiger charge is -2.22. The molecule has 16 heavy (non-hydrogen) atoms.